The molecule has 9 nitrogen and oxygen atoms in total. The van der Waals surface area contributed by atoms with Crippen molar-refractivity contribution in [2.45, 2.75) is 30.8 Å². The minimum atomic E-state index is -1.37. The number of anilines is 2. The number of fused-ring (bicyclic) bond motifs is 2. The fourth-order valence-corrected chi connectivity index (χ4v) is 6.27. The van der Waals surface area contributed by atoms with Gasteiger partial charge in [-0.25, -0.2) is 21.3 Å². The van der Waals surface area contributed by atoms with Crippen molar-refractivity contribution in [2.24, 2.45) is 0 Å². The summed E-state index contributed by atoms with van der Waals surface area (Å²) in [5.41, 5.74) is 3.98. The Kier molecular flexibility index (Phi) is 8.02. The lowest BCUT2D eigenvalue weighted by atomic mass is 10.0. The first-order chi connectivity index (χ1) is 20.5. The number of ether oxygens (including phenoxy) is 1. The molecule has 214 valence electrons. The molecular weight excluding hydrogens is 548 g/mol. The largest absolute Gasteiger partial charge is 0.445 e. The van der Waals surface area contributed by atoms with Gasteiger partial charge in [0, 0.05) is 49.1 Å². The van der Waals surface area contributed by atoms with E-state index in [1.54, 1.807) is 11.2 Å². The Balaban J connectivity index is 1.25. The van der Waals surface area contributed by atoms with Crippen LogP contribution in [0.2, 0.25) is 0 Å². The maximum atomic E-state index is 13.1. The SMILES string of the molecule is [C-]#[N+]CC1CN(c2nc(S(C)=O)nc3c2CCN(c2cccc4ccccc24)C3)CCN1C(=O)OCc1ccccc1. The third-order valence-corrected chi connectivity index (χ3v) is 8.61. The standard InChI is InChI=1S/C32H32N6O3S/c1-33-19-25-20-37(17-18-38(25)32(39)41-22-23-9-4-3-5-10-23)30-27-15-16-36(21-28(27)34-31(35-30)42(2)40)29-14-8-12-24-11-6-7-13-26(24)29/h3-14,25H,15-22H2,2H3. The molecule has 1 amide bonds. The molecule has 1 saturated heterocycles. The lowest BCUT2D eigenvalue weighted by Crippen LogP contribution is -2.57. The number of amides is 1. The molecule has 2 aliphatic heterocycles. The molecule has 1 fully saturated rings. The Hall–Kier alpha value is -4.49. The average molecular weight is 581 g/mol. The second kappa shape index (κ2) is 12.2. The van der Waals surface area contributed by atoms with Crippen LogP contribution in [0.3, 0.4) is 0 Å². The molecule has 2 unspecified atom stereocenters. The highest BCUT2D eigenvalue weighted by Crippen LogP contribution is 2.34. The van der Waals surface area contributed by atoms with Gasteiger partial charge in [0.2, 0.25) is 11.7 Å². The van der Waals surface area contributed by atoms with E-state index < -0.39 is 16.9 Å². The second-order valence-corrected chi connectivity index (χ2v) is 11.8. The molecule has 0 bridgehead atoms. The highest BCUT2D eigenvalue weighted by molar-refractivity contribution is 7.84. The number of nitrogens with zero attached hydrogens (tertiary/aromatic N) is 6. The number of piperazine rings is 1. The summed E-state index contributed by atoms with van der Waals surface area (Å²) >= 11 is 0. The quantitative estimate of drug-likeness (QED) is 0.242. The number of rotatable bonds is 6. The van der Waals surface area contributed by atoms with Gasteiger partial charge in [-0.3, -0.25) is 9.11 Å². The average Bonchev–Trinajstić information content (AvgIpc) is 3.03. The first-order valence-electron chi connectivity index (χ1n) is 14.0. The smallest absolute Gasteiger partial charge is 0.410 e. The number of aromatic nitrogens is 2. The molecule has 2 atom stereocenters. The zero-order valence-electron chi connectivity index (χ0n) is 23.5. The third-order valence-electron chi connectivity index (χ3n) is 7.91. The summed E-state index contributed by atoms with van der Waals surface area (Å²) in [7, 11) is -1.37. The fourth-order valence-electron chi connectivity index (χ4n) is 5.82. The summed E-state index contributed by atoms with van der Waals surface area (Å²) in [5.74, 6) is 0.759. The van der Waals surface area contributed by atoms with Crippen molar-refractivity contribution in [2.75, 3.05) is 48.8 Å². The highest BCUT2D eigenvalue weighted by atomic mass is 32.2. The van der Waals surface area contributed by atoms with Crippen LogP contribution in [-0.2, 0) is 35.1 Å². The van der Waals surface area contributed by atoms with Crippen molar-refractivity contribution in [3.8, 4) is 0 Å². The Bertz CT molecular complexity index is 1670. The second-order valence-electron chi connectivity index (χ2n) is 10.6. The van der Waals surface area contributed by atoms with E-state index in [0.29, 0.717) is 31.3 Å². The molecule has 0 saturated carbocycles. The molecule has 6 rings (SSSR count). The fraction of sp³-hybridized carbons (Fsp3) is 0.312. The van der Waals surface area contributed by atoms with Crippen LogP contribution in [0.25, 0.3) is 15.6 Å². The van der Waals surface area contributed by atoms with Crippen LogP contribution in [0.15, 0.2) is 78.0 Å². The van der Waals surface area contributed by atoms with Gasteiger partial charge >= 0.3 is 6.09 Å². The highest BCUT2D eigenvalue weighted by Gasteiger charge is 2.36. The van der Waals surface area contributed by atoms with Gasteiger partial charge in [0.05, 0.1) is 23.0 Å². The zero-order chi connectivity index (χ0) is 29.1. The summed E-state index contributed by atoms with van der Waals surface area (Å²) in [6, 6.07) is 23.9. The van der Waals surface area contributed by atoms with Crippen molar-refractivity contribution in [3.05, 3.63) is 101 Å². The molecule has 0 aliphatic carbocycles. The van der Waals surface area contributed by atoms with E-state index in [9.17, 15) is 9.00 Å². The third kappa shape index (κ3) is 5.65. The minimum absolute atomic E-state index is 0.158. The minimum Gasteiger partial charge on any atom is -0.445 e. The molecule has 1 aromatic heterocycles. The number of hydrogen-bond acceptors (Lipinski definition) is 7. The van der Waals surface area contributed by atoms with Crippen molar-refractivity contribution in [1.82, 2.24) is 14.9 Å². The van der Waals surface area contributed by atoms with Gasteiger partial charge in [-0.2, -0.15) is 0 Å². The molecular formula is C32H32N6O3S. The summed E-state index contributed by atoms with van der Waals surface area (Å²) in [6.07, 6.45) is 1.91. The topological polar surface area (TPSA) is 83.2 Å². The van der Waals surface area contributed by atoms with Gasteiger partial charge in [-0.05, 0) is 23.4 Å². The lowest BCUT2D eigenvalue weighted by Gasteiger charge is -2.40. The van der Waals surface area contributed by atoms with Gasteiger partial charge in [0.1, 0.15) is 18.5 Å². The summed E-state index contributed by atoms with van der Waals surface area (Å²) in [4.78, 5) is 32.3. The zero-order valence-corrected chi connectivity index (χ0v) is 24.3. The molecule has 4 aromatic rings. The monoisotopic (exact) mass is 580 g/mol. The van der Waals surface area contributed by atoms with E-state index in [-0.39, 0.29) is 19.2 Å². The number of benzene rings is 3. The van der Waals surface area contributed by atoms with Crippen molar-refractivity contribution in [3.63, 3.8) is 0 Å². The van der Waals surface area contributed by atoms with Crippen LogP contribution in [-0.4, -0.2) is 70.2 Å². The van der Waals surface area contributed by atoms with Gasteiger partial charge in [-0.1, -0.05) is 66.7 Å². The first-order valence-corrected chi connectivity index (χ1v) is 15.6. The molecule has 0 N–H and O–H groups in total. The van der Waals surface area contributed by atoms with Crippen LogP contribution >= 0.6 is 0 Å². The van der Waals surface area contributed by atoms with Gasteiger partial charge in [-0.15, -0.1) is 0 Å². The maximum absolute atomic E-state index is 13.1. The van der Waals surface area contributed by atoms with Crippen LogP contribution in [0.4, 0.5) is 16.3 Å². The van der Waals surface area contributed by atoms with E-state index in [0.717, 1.165) is 41.3 Å². The van der Waals surface area contributed by atoms with E-state index >= 15 is 0 Å². The lowest BCUT2D eigenvalue weighted by molar-refractivity contribution is 0.0788. The first kappa shape index (κ1) is 27.7. The van der Waals surface area contributed by atoms with Crippen molar-refractivity contribution < 1.29 is 13.7 Å². The Morgan fingerprint density at radius 2 is 1.79 bits per heavy atom. The molecule has 42 heavy (non-hydrogen) atoms. The number of carbonyl (C=O) groups is 1. The molecule has 3 heterocycles. The van der Waals surface area contributed by atoms with E-state index in [1.807, 2.05) is 36.4 Å². The summed E-state index contributed by atoms with van der Waals surface area (Å²) < 4.78 is 18.2. The van der Waals surface area contributed by atoms with Crippen LogP contribution < -0.4 is 9.80 Å². The number of hydrogen-bond donors (Lipinski definition) is 0. The van der Waals surface area contributed by atoms with E-state index in [1.165, 1.54) is 10.8 Å². The van der Waals surface area contributed by atoms with Crippen LogP contribution in [0.5, 0.6) is 0 Å². The molecule has 10 heteroatoms. The summed E-state index contributed by atoms with van der Waals surface area (Å²) in [6.45, 7) is 10.6. The molecule has 0 radical (unpaired) electrons. The summed E-state index contributed by atoms with van der Waals surface area (Å²) in [5, 5.41) is 2.68. The van der Waals surface area contributed by atoms with Crippen molar-refractivity contribution >= 4 is 39.2 Å². The predicted molar refractivity (Wildman–Crippen MR) is 164 cm³/mol. The van der Waals surface area contributed by atoms with Crippen LogP contribution in [0.1, 0.15) is 16.8 Å². The molecule has 3 aromatic carbocycles. The normalized spacial score (nSPS) is 17.4. The van der Waals surface area contributed by atoms with E-state index in [4.69, 9.17) is 21.3 Å². The van der Waals surface area contributed by atoms with Crippen molar-refractivity contribution in [1.29, 1.82) is 0 Å². The maximum Gasteiger partial charge on any atom is 0.410 e. The van der Waals surface area contributed by atoms with Crippen LogP contribution in [0, 0.1) is 6.57 Å². The Morgan fingerprint density at radius 1 is 1.00 bits per heavy atom. The van der Waals surface area contributed by atoms with E-state index in [2.05, 4.69) is 51.0 Å². The molecule has 2 aliphatic rings. The van der Waals surface area contributed by atoms with Gasteiger partial charge in [0.25, 0.3) is 0 Å². The van der Waals surface area contributed by atoms with Gasteiger partial charge < -0.3 is 19.4 Å². The Labute approximate surface area is 248 Å². The van der Waals surface area contributed by atoms with Gasteiger partial charge in [0.15, 0.2) is 0 Å². The number of carbonyl (C=O) groups excluding carboxylic acids is 1. The Morgan fingerprint density at radius 3 is 2.60 bits per heavy atom. The molecule has 0 spiro atoms. The predicted octanol–water partition coefficient (Wildman–Crippen LogP) is 4.68.